The van der Waals surface area contributed by atoms with E-state index >= 15 is 0 Å². The Kier molecular flexibility index (Phi) is 5.70. The van der Waals surface area contributed by atoms with Crippen molar-refractivity contribution in [2.24, 2.45) is 0 Å². The standard InChI is InChI=1S/C20H22O5/c1-12(2)15-10-16(19(23)11-18(15)22)17(21)7-5-13-9-14(24-3)6-8-20(13)25-4/h5-12,22-23H,1-4H3/b7-5+. The molecule has 0 amide bonds. The summed E-state index contributed by atoms with van der Waals surface area (Å²) < 4.78 is 10.5. The number of hydrogen-bond donors (Lipinski definition) is 2. The summed E-state index contributed by atoms with van der Waals surface area (Å²) in [4.78, 5) is 12.5. The molecule has 5 nitrogen and oxygen atoms in total. The lowest BCUT2D eigenvalue weighted by Gasteiger charge is -2.11. The summed E-state index contributed by atoms with van der Waals surface area (Å²) in [5, 5.41) is 19.9. The number of phenols is 2. The van der Waals surface area contributed by atoms with E-state index in [0.717, 1.165) is 0 Å². The Labute approximate surface area is 147 Å². The number of methoxy groups -OCH3 is 2. The van der Waals surface area contributed by atoms with Gasteiger partial charge < -0.3 is 19.7 Å². The van der Waals surface area contributed by atoms with Crippen molar-refractivity contribution in [2.45, 2.75) is 19.8 Å². The minimum atomic E-state index is -0.371. The number of ether oxygens (including phenoxy) is 2. The van der Waals surface area contributed by atoms with Crippen molar-refractivity contribution >= 4 is 11.9 Å². The summed E-state index contributed by atoms with van der Waals surface area (Å²) in [5.74, 6) is 0.612. The highest BCUT2D eigenvalue weighted by atomic mass is 16.5. The van der Waals surface area contributed by atoms with Crippen LogP contribution in [0.25, 0.3) is 6.08 Å². The van der Waals surface area contributed by atoms with E-state index in [2.05, 4.69) is 0 Å². The smallest absolute Gasteiger partial charge is 0.189 e. The summed E-state index contributed by atoms with van der Waals surface area (Å²) in [7, 11) is 3.10. The van der Waals surface area contributed by atoms with E-state index in [-0.39, 0.29) is 28.8 Å². The minimum Gasteiger partial charge on any atom is -0.508 e. The highest BCUT2D eigenvalue weighted by molar-refractivity contribution is 6.09. The molecule has 2 aromatic rings. The quantitative estimate of drug-likeness (QED) is 0.610. The molecule has 2 N–H and O–H groups in total. The zero-order chi connectivity index (χ0) is 18.6. The first-order chi connectivity index (χ1) is 11.9. The number of rotatable bonds is 6. The van der Waals surface area contributed by atoms with E-state index in [9.17, 15) is 15.0 Å². The fourth-order valence-corrected chi connectivity index (χ4v) is 2.48. The van der Waals surface area contributed by atoms with Gasteiger partial charge in [-0.3, -0.25) is 4.79 Å². The molecular formula is C20H22O5. The number of allylic oxidation sites excluding steroid dienone is 1. The molecule has 0 unspecified atom stereocenters. The average Bonchev–Trinajstić information content (AvgIpc) is 2.59. The van der Waals surface area contributed by atoms with Crippen LogP contribution in [0.2, 0.25) is 0 Å². The van der Waals surface area contributed by atoms with Gasteiger partial charge in [0.05, 0.1) is 19.8 Å². The largest absolute Gasteiger partial charge is 0.508 e. The SMILES string of the molecule is COc1ccc(OC)c(/C=C/C(=O)c2cc(C(C)C)c(O)cc2O)c1. The third-order valence-corrected chi connectivity index (χ3v) is 3.88. The van der Waals surface area contributed by atoms with Crippen LogP contribution in [0.15, 0.2) is 36.4 Å². The van der Waals surface area contributed by atoms with Crippen molar-refractivity contribution < 1.29 is 24.5 Å². The Balaban J connectivity index is 2.37. The molecule has 25 heavy (non-hydrogen) atoms. The van der Waals surface area contributed by atoms with E-state index < -0.39 is 0 Å². The van der Waals surface area contributed by atoms with Crippen molar-refractivity contribution in [1.82, 2.24) is 0 Å². The number of carbonyl (C=O) groups is 1. The molecule has 132 valence electrons. The number of hydrogen-bond acceptors (Lipinski definition) is 5. The van der Waals surface area contributed by atoms with Crippen LogP contribution in [0, 0.1) is 0 Å². The van der Waals surface area contributed by atoms with Crippen LogP contribution in [-0.4, -0.2) is 30.2 Å². The van der Waals surface area contributed by atoms with Crippen LogP contribution in [0.5, 0.6) is 23.0 Å². The molecular weight excluding hydrogens is 320 g/mol. The van der Waals surface area contributed by atoms with Crippen LogP contribution < -0.4 is 9.47 Å². The molecule has 0 bridgehead atoms. The maximum absolute atomic E-state index is 12.5. The van der Waals surface area contributed by atoms with Gasteiger partial charge in [-0.1, -0.05) is 13.8 Å². The molecule has 0 saturated heterocycles. The number of benzene rings is 2. The molecule has 0 saturated carbocycles. The molecule has 2 aromatic carbocycles. The van der Waals surface area contributed by atoms with Gasteiger partial charge in [-0.25, -0.2) is 0 Å². The van der Waals surface area contributed by atoms with Crippen LogP contribution in [-0.2, 0) is 0 Å². The molecule has 0 radical (unpaired) electrons. The molecule has 0 aliphatic rings. The van der Waals surface area contributed by atoms with Gasteiger partial charge in [0, 0.05) is 11.6 Å². The van der Waals surface area contributed by atoms with E-state index in [1.807, 2.05) is 13.8 Å². The fourth-order valence-electron chi connectivity index (χ4n) is 2.48. The van der Waals surface area contributed by atoms with Crippen LogP contribution in [0.1, 0.15) is 41.3 Å². The zero-order valence-electron chi connectivity index (χ0n) is 14.7. The molecule has 0 atom stereocenters. The summed E-state index contributed by atoms with van der Waals surface area (Å²) in [6.07, 6.45) is 2.96. The lowest BCUT2D eigenvalue weighted by molar-refractivity contribution is 0.104. The first-order valence-corrected chi connectivity index (χ1v) is 7.87. The molecule has 0 aliphatic heterocycles. The second-order valence-corrected chi connectivity index (χ2v) is 5.89. The molecule has 5 heteroatoms. The van der Waals surface area contributed by atoms with E-state index in [4.69, 9.17) is 9.47 Å². The number of aromatic hydroxyl groups is 2. The average molecular weight is 342 g/mol. The summed E-state index contributed by atoms with van der Waals surface area (Å²) >= 11 is 0. The van der Waals surface area contributed by atoms with Crippen molar-refractivity contribution in [2.75, 3.05) is 14.2 Å². The molecule has 2 rings (SSSR count). The summed E-state index contributed by atoms with van der Waals surface area (Å²) in [6, 6.07) is 7.97. The van der Waals surface area contributed by atoms with Crippen molar-refractivity contribution in [3.8, 4) is 23.0 Å². The Hall–Kier alpha value is -2.95. The zero-order valence-corrected chi connectivity index (χ0v) is 14.7. The highest BCUT2D eigenvalue weighted by Crippen LogP contribution is 2.33. The molecule has 0 spiro atoms. The maximum atomic E-state index is 12.5. The topological polar surface area (TPSA) is 76.0 Å². The number of ketones is 1. The van der Waals surface area contributed by atoms with Gasteiger partial charge in [0.1, 0.15) is 23.0 Å². The Morgan fingerprint density at radius 1 is 1.04 bits per heavy atom. The third-order valence-electron chi connectivity index (χ3n) is 3.88. The number of phenolic OH excluding ortho intramolecular Hbond substituents is 2. The predicted molar refractivity (Wildman–Crippen MR) is 96.8 cm³/mol. The van der Waals surface area contributed by atoms with E-state index in [1.165, 1.54) is 18.2 Å². The second-order valence-electron chi connectivity index (χ2n) is 5.89. The summed E-state index contributed by atoms with van der Waals surface area (Å²) in [5.41, 5.74) is 1.42. The van der Waals surface area contributed by atoms with Crippen LogP contribution in [0.4, 0.5) is 0 Å². The van der Waals surface area contributed by atoms with E-state index in [1.54, 1.807) is 38.5 Å². The van der Waals surface area contributed by atoms with Gasteiger partial charge in [-0.2, -0.15) is 0 Å². The lowest BCUT2D eigenvalue weighted by atomic mass is 9.97. The first-order valence-electron chi connectivity index (χ1n) is 7.87. The first kappa shape index (κ1) is 18.4. The van der Waals surface area contributed by atoms with Crippen LogP contribution in [0.3, 0.4) is 0 Å². The Bertz CT molecular complexity index is 806. The van der Waals surface area contributed by atoms with Gasteiger partial charge in [0.25, 0.3) is 0 Å². The number of carbonyl (C=O) groups excluding carboxylic acids is 1. The maximum Gasteiger partial charge on any atom is 0.189 e. The Morgan fingerprint density at radius 2 is 1.76 bits per heavy atom. The van der Waals surface area contributed by atoms with Gasteiger partial charge in [0.15, 0.2) is 5.78 Å². The van der Waals surface area contributed by atoms with Gasteiger partial charge in [-0.05, 0) is 47.9 Å². The second kappa shape index (κ2) is 7.75. The highest BCUT2D eigenvalue weighted by Gasteiger charge is 2.15. The van der Waals surface area contributed by atoms with Gasteiger partial charge in [0.2, 0.25) is 0 Å². The van der Waals surface area contributed by atoms with Crippen molar-refractivity contribution in [3.63, 3.8) is 0 Å². The third kappa shape index (κ3) is 4.12. The molecule has 0 aliphatic carbocycles. The van der Waals surface area contributed by atoms with Crippen LogP contribution >= 0.6 is 0 Å². The normalized spacial score (nSPS) is 11.1. The minimum absolute atomic E-state index is 0.0228. The fraction of sp³-hybridized carbons (Fsp3) is 0.250. The predicted octanol–water partition coefficient (Wildman–Crippen LogP) is 4.13. The molecule has 0 aromatic heterocycles. The van der Waals surface area contributed by atoms with E-state index in [0.29, 0.717) is 22.6 Å². The van der Waals surface area contributed by atoms with Gasteiger partial charge >= 0.3 is 0 Å². The molecule has 0 fully saturated rings. The van der Waals surface area contributed by atoms with Crippen molar-refractivity contribution in [1.29, 1.82) is 0 Å². The monoisotopic (exact) mass is 342 g/mol. The Morgan fingerprint density at radius 3 is 2.36 bits per heavy atom. The van der Waals surface area contributed by atoms with Crippen molar-refractivity contribution in [3.05, 3.63) is 53.1 Å². The van der Waals surface area contributed by atoms with Gasteiger partial charge in [-0.15, -0.1) is 0 Å². The molecule has 0 heterocycles. The summed E-state index contributed by atoms with van der Waals surface area (Å²) in [6.45, 7) is 3.80. The lowest BCUT2D eigenvalue weighted by Crippen LogP contribution is -1.99.